The summed E-state index contributed by atoms with van der Waals surface area (Å²) < 4.78 is 0. The monoisotopic (exact) mass is 212 g/mol. The summed E-state index contributed by atoms with van der Waals surface area (Å²) in [7, 11) is 0. The lowest BCUT2D eigenvalue weighted by Gasteiger charge is -2.03. The van der Waals surface area contributed by atoms with Crippen molar-refractivity contribution < 1.29 is 0 Å². The minimum atomic E-state index is 0. The summed E-state index contributed by atoms with van der Waals surface area (Å²) in [6, 6.07) is 0.632. The second-order valence-electron chi connectivity index (χ2n) is 3.69. The highest BCUT2D eigenvalue weighted by molar-refractivity contribution is 5.85. The van der Waals surface area contributed by atoms with E-state index in [0.29, 0.717) is 6.04 Å². The number of fused-ring (bicyclic) bond motifs is 1. The molecule has 1 aromatic heterocycles. The lowest BCUT2D eigenvalue weighted by Crippen LogP contribution is -2.06. The molecule has 1 fully saturated rings. The number of anilines is 1. The van der Waals surface area contributed by atoms with E-state index < -0.39 is 0 Å². The lowest BCUT2D eigenvalue weighted by molar-refractivity contribution is 0.757. The van der Waals surface area contributed by atoms with E-state index in [0.717, 1.165) is 24.7 Å². The largest absolute Gasteiger partial charge is 0.351 e. The zero-order valence-corrected chi connectivity index (χ0v) is 8.60. The van der Waals surface area contributed by atoms with E-state index in [4.69, 9.17) is 0 Å². The molecule has 1 saturated carbocycles. The van der Waals surface area contributed by atoms with Crippen LogP contribution in [0.3, 0.4) is 0 Å². The minimum absolute atomic E-state index is 0. The molecular weight excluding hydrogens is 200 g/mol. The van der Waals surface area contributed by atoms with Gasteiger partial charge in [-0.25, -0.2) is 9.97 Å². The van der Waals surface area contributed by atoms with Crippen molar-refractivity contribution in [2.75, 3.05) is 5.32 Å². The lowest BCUT2D eigenvalue weighted by atomic mass is 10.3. The number of halogens is 1. The highest BCUT2D eigenvalue weighted by Gasteiger charge is 2.22. The van der Waals surface area contributed by atoms with Gasteiger partial charge in [-0.3, -0.25) is 0 Å². The Labute approximate surface area is 88.9 Å². The van der Waals surface area contributed by atoms with Gasteiger partial charge in [0.15, 0.2) is 0 Å². The summed E-state index contributed by atoms with van der Waals surface area (Å²) in [6.45, 7) is 1.80. The van der Waals surface area contributed by atoms with Gasteiger partial charge in [-0.1, -0.05) is 0 Å². The van der Waals surface area contributed by atoms with Crippen LogP contribution in [0.1, 0.15) is 24.1 Å². The summed E-state index contributed by atoms with van der Waals surface area (Å²) in [5, 5.41) is 6.55. The van der Waals surface area contributed by atoms with Gasteiger partial charge in [0.1, 0.15) is 0 Å². The summed E-state index contributed by atoms with van der Waals surface area (Å²) in [6.07, 6.45) is 4.45. The zero-order valence-electron chi connectivity index (χ0n) is 7.79. The average Bonchev–Trinajstić information content (AvgIpc) is 2.83. The number of aromatic nitrogens is 2. The fourth-order valence-corrected chi connectivity index (χ4v) is 1.54. The summed E-state index contributed by atoms with van der Waals surface area (Å²) in [4.78, 5) is 8.72. The topological polar surface area (TPSA) is 49.8 Å². The number of hydrogen-bond donors (Lipinski definition) is 2. The van der Waals surface area contributed by atoms with E-state index in [9.17, 15) is 0 Å². The molecule has 1 aromatic rings. The third kappa shape index (κ3) is 1.81. The highest BCUT2D eigenvalue weighted by atomic mass is 35.5. The second-order valence-corrected chi connectivity index (χ2v) is 3.69. The third-order valence-electron chi connectivity index (χ3n) is 2.47. The van der Waals surface area contributed by atoms with E-state index >= 15 is 0 Å². The van der Waals surface area contributed by atoms with Crippen molar-refractivity contribution in [2.24, 2.45) is 0 Å². The van der Waals surface area contributed by atoms with Crippen LogP contribution in [0.2, 0.25) is 0 Å². The quantitative estimate of drug-likeness (QED) is 0.770. The predicted molar refractivity (Wildman–Crippen MR) is 56.5 cm³/mol. The van der Waals surface area contributed by atoms with Gasteiger partial charge >= 0.3 is 0 Å². The molecule has 2 N–H and O–H groups in total. The molecule has 0 bridgehead atoms. The molecule has 76 valence electrons. The Morgan fingerprint density at radius 2 is 2.21 bits per heavy atom. The molecule has 0 atom stereocenters. The molecular formula is C9H13ClN4. The van der Waals surface area contributed by atoms with Gasteiger partial charge < -0.3 is 10.6 Å². The van der Waals surface area contributed by atoms with E-state index in [1.54, 1.807) is 0 Å². The first-order valence-corrected chi connectivity index (χ1v) is 4.74. The molecule has 5 heteroatoms. The zero-order chi connectivity index (χ0) is 8.67. The minimum Gasteiger partial charge on any atom is -0.351 e. The highest BCUT2D eigenvalue weighted by Crippen LogP contribution is 2.23. The first kappa shape index (κ1) is 9.68. The number of hydrogen-bond acceptors (Lipinski definition) is 4. The first-order valence-electron chi connectivity index (χ1n) is 4.74. The van der Waals surface area contributed by atoms with E-state index in [-0.39, 0.29) is 12.4 Å². The van der Waals surface area contributed by atoms with Gasteiger partial charge in [0.05, 0.1) is 5.69 Å². The Bertz CT molecular complexity index is 338. The normalized spacial score (nSPS) is 18.6. The predicted octanol–water partition coefficient (Wildman–Crippen LogP) is 1.08. The van der Waals surface area contributed by atoms with Gasteiger partial charge in [0, 0.05) is 30.9 Å². The molecule has 1 aliphatic heterocycles. The molecule has 2 aliphatic rings. The van der Waals surface area contributed by atoms with Crippen molar-refractivity contribution in [3.8, 4) is 0 Å². The van der Waals surface area contributed by atoms with Crippen LogP contribution in [0.5, 0.6) is 0 Å². The maximum absolute atomic E-state index is 4.45. The molecule has 4 nitrogen and oxygen atoms in total. The summed E-state index contributed by atoms with van der Waals surface area (Å²) >= 11 is 0. The summed E-state index contributed by atoms with van der Waals surface area (Å²) in [5.41, 5.74) is 2.39. The molecule has 2 heterocycles. The van der Waals surface area contributed by atoms with E-state index in [1.807, 2.05) is 6.20 Å². The Balaban J connectivity index is 0.000000750. The van der Waals surface area contributed by atoms with Gasteiger partial charge in [-0.2, -0.15) is 0 Å². The van der Waals surface area contributed by atoms with Gasteiger partial charge in [-0.15, -0.1) is 12.4 Å². The Hall–Kier alpha value is -0.870. The SMILES string of the molecule is Cl.c1nc(NC2CC2)nc2c1CNC2. The van der Waals surface area contributed by atoms with Crippen LogP contribution in [-0.2, 0) is 13.1 Å². The smallest absolute Gasteiger partial charge is 0.223 e. The number of rotatable bonds is 2. The Kier molecular flexibility index (Phi) is 2.56. The fraction of sp³-hybridized carbons (Fsp3) is 0.556. The van der Waals surface area contributed by atoms with E-state index in [1.165, 1.54) is 18.4 Å². The molecule has 14 heavy (non-hydrogen) atoms. The summed E-state index contributed by atoms with van der Waals surface area (Å²) in [5.74, 6) is 0.796. The van der Waals surface area contributed by atoms with Gasteiger partial charge in [-0.05, 0) is 12.8 Å². The molecule has 0 amide bonds. The van der Waals surface area contributed by atoms with Gasteiger partial charge in [0.2, 0.25) is 5.95 Å². The molecule has 3 rings (SSSR count). The van der Waals surface area contributed by atoms with Crippen molar-refractivity contribution in [3.63, 3.8) is 0 Å². The van der Waals surface area contributed by atoms with Crippen LogP contribution < -0.4 is 10.6 Å². The maximum Gasteiger partial charge on any atom is 0.223 e. The van der Waals surface area contributed by atoms with Crippen molar-refractivity contribution >= 4 is 18.4 Å². The van der Waals surface area contributed by atoms with Crippen LogP contribution in [0.15, 0.2) is 6.20 Å². The molecule has 0 unspecified atom stereocenters. The van der Waals surface area contributed by atoms with Crippen LogP contribution in [-0.4, -0.2) is 16.0 Å². The van der Waals surface area contributed by atoms with Crippen LogP contribution in [0.4, 0.5) is 5.95 Å². The van der Waals surface area contributed by atoms with E-state index in [2.05, 4.69) is 20.6 Å². The Morgan fingerprint density at radius 1 is 1.36 bits per heavy atom. The molecule has 0 saturated heterocycles. The molecule has 0 spiro atoms. The van der Waals surface area contributed by atoms with Crippen LogP contribution in [0, 0.1) is 0 Å². The average molecular weight is 213 g/mol. The fourth-order valence-electron chi connectivity index (χ4n) is 1.54. The molecule has 0 radical (unpaired) electrons. The van der Waals surface area contributed by atoms with Gasteiger partial charge in [0.25, 0.3) is 0 Å². The van der Waals surface area contributed by atoms with Crippen molar-refractivity contribution in [1.82, 2.24) is 15.3 Å². The Morgan fingerprint density at radius 3 is 3.00 bits per heavy atom. The number of nitrogens with zero attached hydrogens (tertiary/aromatic N) is 2. The molecule has 1 aliphatic carbocycles. The first-order chi connectivity index (χ1) is 6.42. The van der Waals surface area contributed by atoms with Crippen LogP contribution in [0.25, 0.3) is 0 Å². The van der Waals surface area contributed by atoms with Crippen molar-refractivity contribution in [2.45, 2.75) is 32.0 Å². The standard InChI is InChI=1S/C9H12N4.ClH/c1-2-7(1)12-9-11-4-6-3-10-5-8(6)13-9;/h4,7,10H,1-3,5H2,(H,11,12,13);1H. The second kappa shape index (κ2) is 3.71. The van der Waals surface area contributed by atoms with Crippen molar-refractivity contribution in [1.29, 1.82) is 0 Å². The molecule has 0 aromatic carbocycles. The third-order valence-corrected chi connectivity index (χ3v) is 2.47. The number of nitrogens with one attached hydrogen (secondary N) is 2. The maximum atomic E-state index is 4.45. The van der Waals surface area contributed by atoms with Crippen molar-refractivity contribution in [3.05, 3.63) is 17.5 Å². The van der Waals surface area contributed by atoms with Crippen LogP contribution >= 0.6 is 12.4 Å².